The summed E-state index contributed by atoms with van der Waals surface area (Å²) in [6.45, 7) is 9.37. The molecule has 0 amide bonds. The first-order chi connectivity index (χ1) is 8.16. The molecule has 1 unspecified atom stereocenters. The molecule has 0 aromatic heterocycles. The maximum absolute atomic E-state index is 4.04. The van der Waals surface area contributed by atoms with Gasteiger partial charge in [-0.15, -0.1) is 0 Å². The molecular weight excluding hydrogens is 371 g/mol. The Hall–Kier alpha value is 1.39. The van der Waals surface area contributed by atoms with Gasteiger partial charge in [0.15, 0.2) is 0 Å². The second-order valence-corrected chi connectivity index (χ2v) is 11.5. The Kier molecular flexibility index (Phi) is 16.1. The molecule has 0 aliphatic heterocycles. The zero-order valence-corrected chi connectivity index (χ0v) is 16.9. The molecule has 0 aliphatic rings. The van der Waals surface area contributed by atoms with Crippen molar-refractivity contribution in [2.45, 2.75) is 77.2 Å². The van der Waals surface area contributed by atoms with Crippen molar-refractivity contribution in [2.75, 3.05) is 18.5 Å². The lowest BCUT2D eigenvalue weighted by Crippen LogP contribution is -3.00. The molecule has 18 heavy (non-hydrogen) atoms. The third-order valence-corrected chi connectivity index (χ3v) is 12.2. The largest absolute Gasteiger partial charge is 1.00 e. The van der Waals surface area contributed by atoms with Crippen molar-refractivity contribution in [2.24, 2.45) is 0 Å². The van der Waals surface area contributed by atoms with Crippen molar-refractivity contribution >= 4 is 23.2 Å². The van der Waals surface area contributed by atoms with E-state index < -0.39 is 7.26 Å². The van der Waals surface area contributed by atoms with Crippen LogP contribution in [-0.2, 0) is 0 Å². The van der Waals surface area contributed by atoms with Gasteiger partial charge in [0.25, 0.3) is 0 Å². The first kappa shape index (κ1) is 21.7. The van der Waals surface area contributed by atoms with E-state index in [1.165, 1.54) is 63.4 Å². The summed E-state index contributed by atoms with van der Waals surface area (Å²) in [5.74, 6) is 0. The molecule has 0 saturated heterocycles. The summed E-state index contributed by atoms with van der Waals surface area (Å²) >= 11 is 4.04. The number of alkyl halides is 1. The Morgan fingerprint density at radius 3 is 1.33 bits per heavy atom. The van der Waals surface area contributed by atoms with Gasteiger partial charge in [-0.05, 0) is 41.6 Å². The molecule has 0 aromatic rings. The third-order valence-electron chi connectivity index (χ3n) is 3.80. The molecular formula is C15H33Br2P. The summed E-state index contributed by atoms with van der Waals surface area (Å²) < 4.78 is 0.833. The van der Waals surface area contributed by atoms with Gasteiger partial charge in [0.2, 0.25) is 0 Å². The SMILES string of the molecule is CCCC[P+](CCCC)(CCCC)C(Br)CC.[Br-]. The summed E-state index contributed by atoms with van der Waals surface area (Å²) in [7, 11) is -0.720. The van der Waals surface area contributed by atoms with Gasteiger partial charge >= 0.3 is 0 Å². The van der Waals surface area contributed by atoms with Gasteiger partial charge in [0.1, 0.15) is 4.57 Å². The van der Waals surface area contributed by atoms with Crippen LogP contribution in [0.3, 0.4) is 0 Å². The quantitative estimate of drug-likeness (QED) is 0.365. The van der Waals surface area contributed by atoms with E-state index in [4.69, 9.17) is 0 Å². The lowest BCUT2D eigenvalue weighted by atomic mass is 10.4. The summed E-state index contributed by atoms with van der Waals surface area (Å²) in [5, 5.41) is 0. The van der Waals surface area contributed by atoms with Crippen molar-refractivity contribution in [3.8, 4) is 0 Å². The second-order valence-electron chi connectivity index (χ2n) is 5.29. The molecule has 0 spiro atoms. The van der Waals surface area contributed by atoms with Gasteiger partial charge in [-0.3, -0.25) is 0 Å². The molecule has 0 nitrogen and oxygen atoms in total. The maximum atomic E-state index is 4.04. The fourth-order valence-electron chi connectivity index (χ4n) is 2.56. The normalized spacial score (nSPS) is 13.2. The molecule has 0 fully saturated rings. The first-order valence-corrected chi connectivity index (χ1v) is 11.0. The molecule has 112 valence electrons. The van der Waals surface area contributed by atoms with Crippen LogP contribution in [0, 0.1) is 0 Å². The van der Waals surface area contributed by atoms with Gasteiger partial charge in [-0.2, -0.15) is 0 Å². The lowest BCUT2D eigenvalue weighted by Gasteiger charge is -2.32. The van der Waals surface area contributed by atoms with Crippen LogP contribution in [0.4, 0.5) is 0 Å². The van der Waals surface area contributed by atoms with Crippen LogP contribution in [0.5, 0.6) is 0 Å². The zero-order valence-electron chi connectivity index (χ0n) is 12.9. The van der Waals surface area contributed by atoms with E-state index in [1.807, 2.05) is 0 Å². The fourth-order valence-corrected chi connectivity index (χ4v) is 9.53. The first-order valence-electron chi connectivity index (χ1n) is 7.66. The van der Waals surface area contributed by atoms with Crippen LogP contribution >= 0.6 is 23.2 Å². The summed E-state index contributed by atoms with van der Waals surface area (Å²) in [6, 6.07) is 0. The molecule has 0 saturated carbocycles. The second kappa shape index (κ2) is 13.4. The van der Waals surface area contributed by atoms with Gasteiger partial charge in [0.05, 0.1) is 18.5 Å². The van der Waals surface area contributed by atoms with Crippen molar-refractivity contribution in [1.29, 1.82) is 0 Å². The predicted molar refractivity (Wildman–Crippen MR) is 89.3 cm³/mol. The topological polar surface area (TPSA) is 0 Å². The lowest BCUT2D eigenvalue weighted by molar-refractivity contribution is -0.00000387. The van der Waals surface area contributed by atoms with E-state index >= 15 is 0 Å². The summed E-state index contributed by atoms with van der Waals surface area (Å²) in [6.07, 6.45) is 14.4. The van der Waals surface area contributed by atoms with Crippen LogP contribution in [-0.4, -0.2) is 23.1 Å². The van der Waals surface area contributed by atoms with Gasteiger partial charge < -0.3 is 17.0 Å². The molecule has 0 aromatic carbocycles. The minimum Gasteiger partial charge on any atom is -1.00 e. The Bertz CT molecular complexity index is 152. The van der Waals surface area contributed by atoms with E-state index in [0.29, 0.717) is 0 Å². The highest BCUT2D eigenvalue weighted by Crippen LogP contribution is 2.67. The average Bonchev–Trinajstić information content (AvgIpc) is 2.37. The van der Waals surface area contributed by atoms with Crippen molar-refractivity contribution in [3.05, 3.63) is 0 Å². The van der Waals surface area contributed by atoms with E-state index in [9.17, 15) is 0 Å². The Morgan fingerprint density at radius 1 is 0.778 bits per heavy atom. The predicted octanol–water partition coefficient (Wildman–Crippen LogP) is 3.54. The highest BCUT2D eigenvalue weighted by atomic mass is 79.9. The van der Waals surface area contributed by atoms with Crippen molar-refractivity contribution in [3.63, 3.8) is 0 Å². The highest BCUT2D eigenvalue weighted by Gasteiger charge is 2.41. The molecule has 1 atom stereocenters. The van der Waals surface area contributed by atoms with Gasteiger partial charge in [-0.1, -0.05) is 47.0 Å². The van der Waals surface area contributed by atoms with Gasteiger partial charge in [0, 0.05) is 7.26 Å². The zero-order chi connectivity index (χ0) is 13.1. The smallest absolute Gasteiger partial charge is 0.123 e. The Balaban J connectivity index is 0. The van der Waals surface area contributed by atoms with Crippen molar-refractivity contribution in [1.82, 2.24) is 0 Å². The number of hydrogen-bond acceptors (Lipinski definition) is 0. The van der Waals surface area contributed by atoms with E-state index in [0.717, 1.165) is 4.57 Å². The monoisotopic (exact) mass is 402 g/mol. The number of hydrogen-bond donors (Lipinski definition) is 0. The molecule has 0 N–H and O–H groups in total. The van der Waals surface area contributed by atoms with E-state index in [-0.39, 0.29) is 17.0 Å². The average molecular weight is 404 g/mol. The standard InChI is InChI=1S/C15H33BrP.BrH/c1-5-9-12-17(13-10-6-2,14-11-7-3)15(16)8-4;/h15H,5-14H2,1-4H3;1H/q+1;/p-1. The highest BCUT2D eigenvalue weighted by molar-refractivity contribution is 9.11. The molecule has 0 heterocycles. The maximum Gasteiger partial charge on any atom is 0.123 e. The van der Waals surface area contributed by atoms with Crippen LogP contribution < -0.4 is 17.0 Å². The summed E-state index contributed by atoms with van der Waals surface area (Å²) in [5.41, 5.74) is 0. The number of unbranched alkanes of at least 4 members (excludes halogenated alkanes) is 3. The van der Waals surface area contributed by atoms with E-state index in [1.54, 1.807) is 0 Å². The van der Waals surface area contributed by atoms with Crippen LogP contribution in [0.1, 0.15) is 72.6 Å². The number of halogens is 2. The minimum absolute atomic E-state index is 0. The van der Waals surface area contributed by atoms with Crippen LogP contribution in [0.15, 0.2) is 0 Å². The molecule has 0 rings (SSSR count). The third kappa shape index (κ3) is 7.85. The Morgan fingerprint density at radius 2 is 1.11 bits per heavy atom. The fraction of sp³-hybridized carbons (Fsp3) is 1.00. The minimum atomic E-state index is -0.720. The summed E-state index contributed by atoms with van der Waals surface area (Å²) in [4.78, 5) is 0. The van der Waals surface area contributed by atoms with Crippen LogP contribution in [0.2, 0.25) is 0 Å². The van der Waals surface area contributed by atoms with E-state index in [2.05, 4.69) is 43.6 Å². The Labute approximate surface area is 135 Å². The molecule has 0 aliphatic carbocycles. The van der Waals surface area contributed by atoms with Crippen molar-refractivity contribution < 1.29 is 17.0 Å². The molecule has 3 heteroatoms. The van der Waals surface area contributed by atoms with Crippen LogP contribution in [0.25, 0.3) is 0 Å². The van der Waals surface area contributed by atoms with Gasteiger partial charge in [-0.25, -0.2) is 0 Å². The molecule has 0 radical (unpaired) electrons. The molecule has 0 bridgehead atoms. The number of rotatable bonds is 11.